The largest absolute Gasteiger partial charge is 0.392 e. The first-order valence-corrected chi connectivity index (χ1v) is 6.97. The highest BCUT2D eigenvalue weighted by molar-refractivity contribution is 7.98. The molecule has 3 nitrogen and oxygen atoms in total. The van der Waals surface area contributed by atoms with Gasteiger partial charge in [-0.15, -0.1) is 11.8 Å². The van der Waals surface area contributed by atoms with Crippen molar-refractivity contribution in [3.05, 3.63) is 24.3 Å². The van der Waals surface area contributed by atoms with Gasteiger partial charge in [-0.1, -0.05) is 18.3 Å². The maximum absolute atomic E-state index is 12.1. The van der Waals surface area contributed by atoms with Crippen molar-refractivity contribution < 1.29 is 4.79 Å². The molecule has 0 unspecified atom stereocenters. The molecular weight excluding hydrogens is 252 g/mol. The maximum atomic E-state index is 12.1. The molecule has 1 aromatic carbocycles. The molecule has 0 atom stereocenters. The average molecular weight is 266 g/mol. The van der Waals surface area contributed by atoms with Crippen molar-refractivity contribution in [3.8, 4) is 0 Å². The Labute approximate surface area is 110 Å². The van der Waals surface area contributed by atoms with Gasteiger partial charge in [-0.2, -0.15) is 0 Å². The molecule has 1 aromatic rings. The molecule has 0 radical (unpaired) electrons. The van der Waals surface area contributed by atoms with Gasteiger partial charge in [-0.25, -0.2) is 0 Å². The summed E-state index contributed by atoms with van der Waals surface area (Å²) in [4.78, 5) is 13.5. The fourth-order valence-corrected chi connectivity index (χ4v) is 2.42. The van der Waals surface area contributed by atoms with Gasteiger partial charge in [0, 0.05) is 10.6 Å². The first kappa shape index (κ1) is 12.4. The third-order valence-corrected chi connectivity index (χ3v) is 4.10. The minimum absolute atomic E-state index is 0.0803. The number of nitrogens with two attached hydrogens (primary N) is 1. The molecule has 0 bridgehead atoms. The number of thioether (sulfide) groups is 1. The molecule has 0 spiro atoms. The normalized spacial score (nSPS) is 16.3. The number of amides is 1. The van der Waals surface area contributed by atoms with Crippen LogP contribution in [0, 0.1) is 5.41 Å². The summed E-state index contributed by atoms with van der Waals surface area (Å²) in [6, 6.07) is 7.73. The van der Waals surface area contributed by atoms with Gasteiger partial charge < -0.3 is 11.1 Å². The lowest BCUT2D eigenvalue weighted by Crippen LogP contribution is -2.34. The zero-order chi connectivity index (χ0) is 12.5. The van der Waals surface area contributed by atoms with E-state index >= 15 is 0 Å². The van der Waals surface area contributed by atoms with Crippen LogP contribution in [-0.2, 0) is 4.79 Å². The number of rotatable bonds is 4. The lowest BCUT2D eigenvalue weighted by molar-refractivity contribution is -0.118. The summed E-state index contributed by atoms with van der Waals surface area (Å²) in [7, 11) is 0. The second-order valence-electron chi connectivity index (χ2n) is 4.13. The fourth-order valence-electron chi connectivity index (χ4n) is 1.66. The number of nitrogens with one attached hydrogen (secondary N) is 1. The second kappa shape index (κ2) is 4.66. The minimum Gasteiger partial charge on any atom is -0.392 e. The van der Waals surface area contributed by atoms with E-state index in [1.54, 1.807) is 11.8 Å². The van der Waals surface area contributed by atoms with Crippen molar-refractivity contribution in [3.63, 3.8) is 0 Å². The van der Waals surface area contributed by atoms with Crippen molar-refractivity contribution in [1.82, 2.24) is 0 Å². The lowest BCUT2D eigenvalue weighted by Gasteiger charge is -2.13. The van der Waals surface area contributed by atoms with Crippen molar-refractivity contribution in [2.75, 3.05) is 11.6 Å². The standard InChI is InChI=1S/C12H14N2OS2/c1-17-9-4-2-3-8(7-9)14-11(15)12(5-6-12)10(13)16/h2-4,7H,5-6H2,1H3,(H2,13,16)(H,14,15). The Morgan fingerprint density at radius 1 is 1.53 bits per heavy atom. The van der Waals surface area contributed by atoms with Crippen LogP contribution >= 0.6 is 24.0 Å². The number of hydrogen-bond acceptors (Lipinski definition) is 3. The van der Waals surface area contributed by atoms with E-state index in [4.69, 9.17) is 18.0 Å². The SMILES string of the molecule is CSc1cccc(NC(=O)C2(C(N)=S)CC2)c1. The van der Waals surface area contributed by atoms with Gasteiger partial charge in [0.2, 0.25) is 5.91 Å². The Morgan fingerprint density at radius 3 is 2.76 bits per heavy atom. The third-order valence-electron chi connectivity index (χ3n) is 2.98. The minimum atomic E-state index is -0.593. The van der Waals surface area contributed by atoms with Gasteiger partial charge in [-0.3, -0.25) is 4.79 Å². The van der Waals surface area contributed by atoms with E-state index < -0.39 is 5.41 Å². The lowest BCUT2D eigenvalue weighted by atomic mass is 10.1. The van der Waals surface area contributed by atoms with E-state index in [2.05, 4.69) is 5.32 Å². The van der Waals surface area contributed by atoms with Crippen LogP contribution in [0.15, 0.2) is 29.2 Å². The van der Waals surface area contributed by atoms with Gasteiger partial charge in [0.15, 0.2) is 0 Å². The van der Waals surface area contributed by atoms with E-state index in [9.17, 15) is 4.79 Å². The van der Waals surface area contributed by atoms with Crippen LogP contribution in [0.4, 0.5) is 5.69 Å². The van der Waals surface area contributed by atoms with Crippen LogP contribution in [0.2, 0.25) is 0 Å². The molecule has 17 heavy (non-hydrogen) atoms. The number of thiocarbonyl (C=S) groups is 1. The van der Waals surface area contributed by atoms with Crippen molar-refractivity contribution in [2.24, 2.45) is 11.1 Å². The predicted octanol–water partition coefficient (Wildman–Crippen LogP) is 2.41. The number of hydrogen-bond donors (Lipinski definition) is 2. The molecule has 1 saturated carbocycles. The molecule has 0 aliphatic heterocycles. The molecule has 90 valence electrons. The quantitative estimate of drug-likeness (QED) is 0.649. The highest BCUT2D eigenvalue weighted by Gasteiger charge is 2.52. The van der Waals surface area contributed by atoms with Gasteiger partial charge in [0.1, 0.15) is 0 Å². The summed E-state index contributed by atoms with van der Waals surface area (Å²) < 4.78 is 0. The summed E-state index contributed by atoms with van der Waals surface area (Å²) >= 11 is 6.59. The summed E-state index contributed by atoms with van der Waals surface area (Å²) in [6.07, 6.45) is 3.52. The van der Waals surface area contributed by atoms with Crippen LogP contribution in [0.5, 0.6) is 0 Å². The molecule has 0 aromatic heterocycles. The highest BCUT2D eigenvalue weighted by Crippen LogP contribution is 2.46. The number of carbonyl (C=O) groups excluding carboxylic acids is 1. The van der Waals surface area contributed by atoms with E-state index in [1.807, 2.05) is 30.5 Å². The zero-order valence-electron chi connectivity index (χ0n) is 9.53. The summed E-state index contributed by atoms with van der Waals surface area (Å²) in [5, 5.41) is 2.88. The van der Waals surface area contributed by atoms with Crippen LogP contribution in [-0.4, -0.2) is 17.2 Å². The van der Waals surface area contributed by atoms with E-state index in [0.717, 1.165) is 23.4 Å². The predicted molar refractivity (Wildman–Crippen MR) is 75.3 cm³/mol. The molecule has 2 rings (SSSR count). The van der Waals surface area contributed by atoms with Crippen molar-refractivity contribution in [1.29, 1.82) is 0 Å². The Morgan fingerprint density at radius 2 is 2.24 bits per heavy atom. The fraction of sp³-hybridized carbons (Fsp3) is 0.333. The van der Waals surface area contributed by atoms with Gasteiger partial charge in [-0.05, 0) is 37.3 Å². The van der Waals surface area contributed by atoms with E-state index in [-0.39, 0.29) is 5.91 Å². The van der Waals surface area contributed by atoms with Crippen LogP contribution in [0.3, 0.4) is 0 Å². The molecular formula is C12H14N2OS2. The second-order valence-corrected chi connectivity index (χ2v) is 5.45. The number of carbonyl (C=O) groups is 1. The van der Waals surface area contributed by atoms with Gasteiger partial charge in [0.25, 0.3) is 0 Å². The summed E-state index contributed by atoms with van der Waals surface area (Å²) in [5.41, 5.74) is 5.81. The number of anilines is 1. The first-order chi connectivity index (χ1) is 8.08. The molecule has 0 saturated heterocycles. The van der Waals surface area contributed by atoms with Gasteiger partial charge >= 0.3 is 0 Å². The molecule has 1 amide bonds. The third kappa shape index (κ3) is 2.45. The van der Waals surface area contributed by atoms with E-state index in [1.165, 1.54) is 0 Å². The summed E-state index contributed by atoms with van der Waals surface area (Å²) in [6.45, 7) is 0. The number of benzene rings is 1. The first-order valence-electron chi connectivity index (χ1n) is 5.34. The smallest absolute Gasteiger partial charge is 0.237 e. The van der Waals surface area contributed by atoms with Crippen molar-refractivity contribution in [2.45, 2.75) is 17.7 Å². The van der Waals surface area contributed by atoms with Crippen molar-refractivity contribution >= 4 is 40.6 Å². The molecule has 1 fully saturated rings. The molecule has 0 heterocycles. The molecule has 3 N–H and O–H groups in total. The monoisotopic (exact) mass is 266 g/mol. The molecule has 5 heteroatoms. The summed E-state index contributed by atoms with van der Waals surface area (Å²) in [5.74, 6) is -0.0803. The highest BCUT2D eigenvalue weighted by atomic mass is 32.2. The zero-order valence-corrected chi connectivity index (χ0v) is 11.2. The van der Waals surface area contributed by atoms with Crippen LogP contribution < -0.4 is 11.1 Å². The average Bonchev–Trinajstić information content (AvgIpc) is 3.10. The van der Waals surface area contributed by atoms with E-state index in [0.29, 0.717) is 4.99 Å². The van der Waals surface area contributed by atoms with Gasteiger partial charge in [0.05, 0.1) is 10.4 Å². The van der Waals surface area contributed by atoms with Crippen LogP contribution in [0.1, 0.15) is 12.8 Å². The van der Waals surface area contributed by atoms with Crippen LogP contribution in [0.25, 0.3) is 0 Å². The Hall–Kier alpha value is -1.07. The Bertz CT molecular complexity index is 469. The Kier molecular flexibility index (Phi) is 3.40. The Balaban J connectivity index is 2.11. The topological polar surface area (TPSA) is 55.1 Å². The molecule has 1 aliphatic rings. The maximum Gasteiger partial charge on any atom is 0.237 e. The molecule has 1 aliphatic carbocycles.